The molecule has 2 unspecified atom stereocenters. The van der Waals surface area contributed by atoms with E-state index in [0.29, 0.717) is 11.3 Å². The van der Waals surface area contributed by atoms with Crippen LogP contribution in [0.2, 0.25) is 0 Å². The molecular weight excluding hydrogens is 528 g/mol. The van der Waals surface area contributed by atoms with Crippen LogP contribution in [-0.4, -0.2) is 52.4 Å². The largest absolute Gasteiger partial charge is 0.461 e. The van der Waals surface area contributed by atoms with Gasteiger partial charge in [-0.2, -0.15) is 0 Å². The smallest absolute Gasteiger partial charge is 0.356 e. The van der Waals surface area contributed by atoms with Gasteiger partial charge in [-0.15, -0.1) is 11.8 Å². The number of hydrogen-bond donors (Lipinski definition) is 1. The number of rotatable bonds is 9. The van der Waals surface area contributed by atoms with Crippen molar-refractivity contribution in [2.75, 3.05) is 12.4 Å². The minimum absolute atomic E-state index is 0.0559. The zero-order valence-electron chi connectivity index (χ0n) is 21.8. The molecule has 0 bridgehead atoms. The summed E-state index contributed by atoms with van der Waals surface area (Å²) in [5.41, 5.74) is 2.91. The van der Waals surface area contributed by atoms with Crippen molar-refractivity contribution in [1.29, 1.82) is 0 Å². The Morgan fingerprint density at radius 1 is 0.925 bits per heavy atom. The Hall–Kier alpha value is -4.37. The number of carbonyl (C=O) groups is 4. The number of fused-ring (bicyclic) bond motifs is 1. The third kappa shape index (κ3) is 5.94. The number of benzene rings is 3. The fraction of sp³-hybridized carbons (Fsp3) is 0.226. The molecule has 0 aliphatic carbocycles. The van der Waals surface area contributed by atoms with Gasteiger partial charge in [0.2, 0.25) is 5.91 Å². The number of esters is 2. The van der Waals surface area contributed by atoms with E-state index in [1.54, 1.807) is 0 Å². The van der Waals surface area contributed by atoms with Crippen molar-refractivity contribution in [2.45, 2.75) is 30.9 Å². The van der Waals surface area contributed by atoms with Gasteiger partial charge in [0, 0.05) is 18.2 Å². The third-order valence-corrected chi connectivity index (χ3v) is 7.98. The molecule has 3 aromatic rings. The summed E-state index contributed by atoms with van der Waals surface area (Å²) in [6.45, 7) is 1.14. The summed E-state index contributed by atoms with van der Waals surface area (Å²) in [4.78, 5) is 52.8. The molecule has 0 spiro atoms. The summed E-state index contributed by atoms with van der Waals surface area (Å²) in [7, 11) is 0. The molecule has 8 nitrogen and oxygen atoms in total. The second-order valence-electron chi connectivity index (χ2n) is 9.46. The summed E-state index contributed by atoms with van der Waals surface area (Å²) >= 11 is 1.40. The molecule has 204 valence electrons. The van der Waals surface area contributed by atoms with Gasteiger partial charge in [0.15, 0.2) is 6.10 Å². The molecule has 0 radical (unpaired) electrons. The van der Waals surface area contributed by atoms with Gasteiger partial charge in [0.1, 0.15) is 23.7 Å². The first-order chi connectivity index (χ1) is 19.4. The van der Waals surface area contributed by atoms with Gasteiger partial charge in [0.05, 0.1) is 6.42 Å². The van der Waals surface area contributed by atoms with Crippen LogP contribution in [0.25, 0.3) is 0 Å². The van der Waals surface area contributed by atoms with Crippen LogP contribution in [0.5, 0.6) is 0 Å². The van der Waals surface area contributed by atoms with Crippen LogP contribution in [0.4, 0.5) is 0 Å². The van der Waals surface area contributed by atoms with Crippen LogP contribution in [0.15, 0.2) is 102 Å². The first kappa shape index (κ1) is 27.2. The lowest BCUT2D eigenvalue weighted by molar-refractivity contribution is -0.155. The summed E-state index contributed by atoms with van der Waals surface area (Å²) in [5, 5.41) is 2.34. The van der Waals surface area contributed by atoms with Gasteiger partial charge in [0.25, 0.3) is 5.91 Å². The number of thioether (sulfide) groups is 1. The zero-order chi connectivity index (χ0) is 28.1. The molecule has 2 heterocycles. The average Bonchev–Trinajstić information content (AvgIpc) is 2.98. The van der Waals surface area contributed by atoms with Crippen molar-refractivity contribution in [3.05, 3.63) is 119 Å². The molecule has 3 aromatic carbocycles. The maximum Gasteiger partial charge on any atom is 0.356 e. The predicted molar refractivity (Wildman–Crippen MR) is 150 cm³/mol. The normalized spacial score (nSPS) is 18.1. The van der Waals surface area contributed by atoms with Crippen LogP contribution >= 0.6 is 11.8 Å². The molecular formula is C31H28N2O6S. The number of hydrogen-bond acceptors (Lipinski definition) is 7. The highest BCUT2D eigenvalue weighted by Crippen LogP contribution is 2.41. The highest BCUT2D eigenvalue weighted by molar-refractivity contribution is 8.00. The van der Waals surface area contributed by atoms with E-state index in [1.807, 2.05) is 91.0 Å². The Morgan fingerprint density at radius 2 is 1.50 bits per heavy atom. The first-order valence-electron chi connectivity index (χ1n) is 12.9. The zero-order valence-corrected chi connectivity index (χ0v) is 22.6. The standard InChI is InChI=1S/C31H28N2O6S/c1-20(34)38-18-24-19-40-30-26(32-25(35)17-21-11-5-2-6-12-21)29(36)33(30)27(24)31(37)39-28(22-13-7-3-8-14-22)23-15-9-4-10-16-23/h2-16,26,28,30H,17-19H2,1H3,(H,32,35). The maximum absolute atomic E-state index is 13.8. The summed E-state index contributed by atoms with van der Waals surface area (Å²) < 4.78 is 11.3. The highest BCUT2D eigenvalue weighted by atomic mass is 32.2. The molecule has 40 heavy (non-hydrogen) atoms. The topological polar surface area (TPSA) is 102 Å². The molecule has 0 saturated carbocycles. The van der Waals surface area contributed by atoms with Gasteiger partial charge >= 0.3 is 11.9 Å². The van der Waals surface area contributed by atoms with E-state index in [4.69, 9.17) is 9.47 Å². The van der Waals surface area contributed by atoms with E-state index >= 15 is 0 Å². The summed E-state index contributed by atoms with van der Waals surface area (Å²) in [5.74, 6) is -1.57. The predicted octanol–water partition coefficient (Wildman–Crippen LogP) is 3.78. The van der Waals surface area contributed by atoms with Gasteiger partial charge in [-0.25, -0.2) is 4.79 Å². The lowest BCUT2D eigenvalue weighted by atomic mass is 10.0. The Morgan fingerprint density at radius 3 is 2.08 bits per heavy atom. The Bertz CT molecular complexity index is 1390. The van der Waals surface area contributed by atoms with Gasteiger partial charge in [-0.05, 0) is 16.7 Å². The van der Waals surface area contributed by atoms with Crippen molar-refractivity contribution < 1.29 is 28.7 Å². The molecule has 2 aliphatic heterocycles. The fourth-order valence-corrected chi connectivity index (χ4v) is 6.05. The molecule has 2 amide bonds. The van der Waals surface area contributed by atoms with E-state index in [1.165, 1.54) is 23.6 Å². The van der Waals surface area contributed by atoms with Crippen molar-refractivity contribution >= 4 is 35.5 Å². The minimum Gasteiger partial charge on any atom is -0.461 e. The van der Waals surface area contributed by atoms with Gasteiger partial charge in [-0.3, -0.25) is 19.3 Å². The van der Waals surface area contributed by atoms with Crippen molar-refractivity contribution in [3.63, 3.8) is 0 Å². The molecule has 1 fully saturated rings. The van der Waals surface area contributed by atoms with Crippen molar-refractivity contribution in [2.24, 2.45) is 0 Å². The van der Waals surface area contributed by atoms with E-state index in [0.717, 1.165) is 16.7 Å². The van der Waals surface area contributed by atoms with E-state index in [9.17, 15) is 19.2 Å². The summed E-state index contributed by atoms with van der Waals surface area (Å²) in [6, 6.07) is 27.1. The number of nitrogens with zero attached hydrogens (tertiary/aromatic N) is 1. The Balaban J connectivity index is 1.39. The maximum atomic E-state index is 13.8. The van der Waals surface area contributed by atoms with Crippen molar-refractivity contribution in [1.82, 2.24) is 10.2 Å². The molecule has 9 heteroatoms. The fourth-order valence-electron chi connectivity index (χ4n) is 4.72. The highest BCUT2D eigenvalue weighted by Gasteiger charge is 2.54. The second-order valence-corrected chi connectivity index (χ2v) is 10.6. The van der Waals surface area contributed by atoms with Gasteiger partial charge < -0.3 is 14.8 Å². The van der Waals surface area contributed by atoms with Crippen LogP contribution < -0.4 is 5.32 Å². The number of ether oxygens (including phenoxy) is 2. The number of β-lactam (4-membered cyclic amide) rings is 1. The molecule has 2 aliphatic rings. The van der Waals surface area contributed by atoms with E-state index < -0.39 is 35.4 Å². The molecule has 5 rings (SSSR count). The van der Waals surface area contributed by atoms with E-state index in [-0.39, 0.29) is 24.6 Å². The molecule has 2 atom stereocenters. The number of amides is 2. The van der Waals surface area contributed by atoms with Crippen molar-refractivity contribution in [3.8, 4) is 0 Å². The second kappa shape index (κ2) is 12.2. The number of nitrogens with one attached hydrogen (secondary N) is 1. The minimum atomic E-state index is -0.779. The third-order valence-electron chi connectivity index (χ3n) is 6.64. The van der Waals surface area contributed by atoms with Crippen LogP contribution in [0.3, 0.4) is 0 Å². The molecule has 1 N–H and O–H groups in total. The van der Waals surface area contributed by atoms with Gasteiger partial charge in [-0.1, -0.05) is 91.0 Å². The van der Waals surface area contributed by atoms with Crippen LogP contribution in [0.1, 0.15) is 29.7 Å². The quantitative estimate of drug-likeness (QED) is 0.316. The lowest BCUT2D eigenvalue weighted by Crippen LogP contribution is -2.70. The molecule has 0 aromatic heterocycles. The lowest BCUT2D eigenvalue weighted by Gasteiger charge is -2.49. The van der Waals surface area contributed by atoms with Crippen LogP contribution in [0, 0.1) is 0 Å². The van der Waals surface area contributed by atoms with E-state index in [2.05, 4.69) is 5.32 Å². The Kier molecular flexibility index (Phi) is 8.31. The average molecular weight is 557 g/mol. The van der Waals surface area contributed by atoms with Crippen LogP contribution in [-0.2, 0) is 35.1 Å². The number of carbonyl (C=O) groups excluding carboxylic acids is 4. The summed E-state index contributed by atoms with van der Waals surface area (Å²) in [6.07, 6.45) is -0.580. The SMILES string of the molecule is CC(=O)OCC1=C(C(=O)OC(c2ccccc2)c2ccccc2)N2C(=O)C(NC(=O)Cc3ccccc3)C2SC1. The monoisotopic (exact) mass is 556 g/mol. The Labute approximate surface area is 236 Å². The molecule has 1 saturated heterocycles. The first-order valence-corrected chi connectivity index (χ1v) is 13.9.